The Kier molecular flexibility index (Phi) is 3.89. The standard InChI is InChI=1S/C6H16Br2Si2/c1-6(9(2,3)7)10(4,5)8/h6H,1-5H3. The third-order valence-electron chi connectivity index (χ3n) is 2.06. The Labute approximate surface area is 82.0 Å². The molecular weight excluding hydrogens is 288 g/mol. The number of hydrogen-bond donors (Lipinski definition) is 0. The zero-order valence-corrected chi connectivity index (χ0v) is 12.5. The SMILES string of the molecule is CC([Si](C)(C)Br)[Si](C)(C)Br. The van der Waals surface area contributed by atoms with Crippen molar-refractivity contribution in [2.24, 2.45) is 0 Å². The van der Waals surface area contributed by atoms with Crippen molar-refractivity contribution in [2.75, 3.05) is 0 Å². The van der Waals surface area contributed by atoms with Crippen molar-refractivity contribution in [2.45, 2.75) is 38.3 Å². The molecule has 0 fully saturated rings. The lowest BCUT2D eigenvalue weighted by Crippen LogP contribution is -2.37. The fraction of sp³-hybridized carbons (Fsp3) is 1.00. The van der Waals surface area contributed by atoms with Gasteiger partial charge in [0.15, 0.2) is 0 Å². The molecule has 0 rings (SSSR count). The van der Waals surface area contributed by atoms with Crippen LogP contribution < -0.4 is 0 Å². The van der Waals surface area contributed by atoms with Crippen molar-refractivity contribution in [3.63, 3.8) is 0 Å². The van der Waals surface area contributed by atoms with Crippen molar-refractivity contribution >= 4 is 44.0 Å². The minimum absolute atomic E-state index is 0.875. The van der Waals surface area contributed by atoms with E-state index in [-0.39, 0.29) is 0 Å². The normalized spacial score (nSPS) is 14.4. The Balaban J connectivity index is 4.23. The molecule has 0 nitrogen and oxygen atoms in total. The average Bonchev–Trinajstić information content (AvgIpc) is 1.59. The van der Waals surface area contributed by atoms with Gasteiger partial charge in [0.1, 0.15) is 13.4 Å². The largest absolute Gasteiger partial charge is 0.127 e. The van der Waals surface area contributed by atoms with Gasteiger partial charge in [-0.15, -0.1) is 30.6 Å². The lowest BCUT2D eigenvalue weighted by Gasteiger charge is -2.31. The average molecular weight is 304 g/mol. The first kappa shape index (κ1) is 11.4. The summed E-state index contributed by atoms with van der Waals surface area (Å²) in [4.78, 5) is 0. The molecule has 0 aromatic carbocycles. The highest BCUT2D eigenvalue weighted by molar-refractivity contribution is 9.27. The zero-order chi connectivity index (χ0) is 8.58. The topological polar surface area (TPSA) is 0 Å². The molecule has 0 N–H and O–H groups in total. The van der Waals surface area contributed by atoms with Crippen LogP contribution in [0.15, 0.2) is 0 Å². The molecule has 0 atom stereocenters. The van der Waals surface area contributed by atoms with Gasteiger partial charge in [0, 0.05) is 0 Å². The molecule has 10 heavy (non-hydrogen) atoms. The smallest absolute Gasteiger partial charge is 0.125 e. The minimum Gasteiger partial charge on any atom is -0.127 e. The molecule has 0 aromatic heterocycles. The molecule has 0 aliphatic rings. The molecule has 0 unspecified atom stereocenters. The van der Waals surface area contributed by atoms with E-state index in [9.17, 15) is 0 Å². The van der Waals surface area contributed by atoms with E-state index < -0.39 is 13.4 Å². The summed E-state index contributed by atoms with van der Waals surface area (Å²) in [5, 5.41) is 0.875. The Morgan fingerprint density at radius 1 is 0.900 bits per heavy atom. The zero-order valence-electron chi connectivity index (χ0n) is 7.33. The van der Waals surface area contributed by atoms with Crippen LogP contribution in [0, 0.1) is 0 Å². The highest BCUT2D eigenvalue weighted by Crippen LogP contribution is 2.38. The van der Waals surface area contributed by atoms with Gasteiger partial charge in [0.25, 0.3) is 0 Å². The summed E-state index contributed by atoms with van der Waals surface area (Å²) in [6.07, 6.45) is 0. The lowest BCUT2D eigenvalue weighted by atomic mass is 10.9. The van der Waals surface area contributed by atoms with Gasteiger partial charge >= 0.3 is 0 Å². The van der Waals surface area contributed by atoms with Gasteiger partial charge in [-0.25, -0.2) is 0 Å². The van der Waals surface area contributed by atoms with E-state index in [0.717, 1.165) is 5.16 Å². The first-order chi connectivity index (χ1) is 4.15. The van der Waals surface area contributed by atoms with Crippen LogP contribution in [0.1, 0.15) is 6.92 Å². The van der Waals surface area contributed by atoms with Crippen molar-refractivity contribution < 1.29 is 0 Å². The molecule has 0 spiro atoms. The molecule has 0 heterocycles. The predicted octanol–water partition coefficient (Wildman–Crippen LogP) is 4.12. The van der Waals surface area contributed by atoms with E-state index in [1.807, 2.05) is 0 Å². The Hall–Kier alpha value is 1.39. The van der Waals surface area contributed by atoms with Gasteiger partial charge in [-0.2, -0.15) is 0 Å². The molecule has 4 heteroatoms. The molecule has 0 aliphatic heterocycles. The second-order valence-electron chi connectivity index (χ2n) is 3.85. The van der Waals surface area contributed by atoms with Crippen LogP contribution in [0.5, 0.6) is 0 Å². The summed E-state index contributed by atoms with van der Waals surface area (Å²) in [5.41, 5.74) is 0. The van der Waals surface area contributed by atoms with Crippen molar-refractivity contribution in [3.8, 4) is 0 Å². The summed E-state index contributed by atoms with van der Waals surface area (Å²) in [5.74, 6) is 0. The summed E-state index contributed by atoms with van der Waals surface area (Å²) in [6.45, 7) is 9.70. The van der Waals surface area contributed by atoms with Crippen molar-refractivity contribution in [1.29, 1.82) is 0 Å². The molecule has 0 saturated carbocycles. The minimum atomic E-state index is -1.07. The molecule has 62 valence electrons. The fourth-order valence-electron chi connectivity index (χ4n) is 0.816. The van der Waals surface area contributed by atoms with Crippen LogP contribution >= 0.6 is 30.6 Å². The summed E-state index contributed by atoms with van der Waals surface area (Å²) >= 11 is 7.65. The third-order valence-corrected chi connectivity index (χ3v) is 17.2. The predicted molar refractivity (Wildman–Crippen MR) is 62.2 cm³/mol. The number of rotatable bonds is 2. The molecule has 0 bridgehead atoms. The molecular formula is C6H16Br2Si2. The van der Waals surface area contributed by atoms with E-state index >= 15 is 0 Å². The van der Waals surface area contributed by atoms with Crippen molar-refractivity contribution in [1.82, 2.24) is 0 Å². The van der Waals surface area contributed by atoms with E-state index in [2.05, 4.69) is 63.7 Å². The Morgan fingerprint density at radius 3 is 1.10 bits per heavy atom. The van der Waals surface area contributed by atoms with Gasteiger partial charge in [-0.05, 0) is 5.16 Å². The first-order valence-corrected chi connectivity index (χ1v) is 14.2. The van der Waals surface area contributed by atoms with Gasteiger partial charge in [0.05, 0.1) is 0 Å². The maximum absolute atomic E-state index is 3.82. The summed E-state index contributed by atoms with van der Waals surface area (Å²) in [6, 6.07) is 0. The lowest BCUT2D eigenvalue weighted by molar-refractivity contribution is 1.24. The monoisotopic (exact) mass is 302 g/mol. The second kappa shape index (κ2) is 3.41. The van der Waals surface area contributed by atoms with Gasteiger partial charge in [-0.3, -0.25) is 0 Å². The van der Waals surface area contributed by atoms with Gasteiger partial charge in [0.2, 0.25) is 0 Å². The van der Waals surface area contributed by atoms with Crippen LogP contribution in [-0.2, 0) is 0 Å². The van der Waals surface area contributed by atoms with Crippen LogP contribution in [0.2, 0.25) is 31.4 Å². The Bertz CT molecular complexity index is 97.9. The van der Waals surface area contributed by atoms with Crippen molar-refractivity contribution in [3.05, 3.63) is 0 Å². The summed E-state index contributed by atoms with van der Waals surface area (Å²) in [7, 11) is 0. The maximum Gasteiger partial charge on any atom is 0.125 e. The number of halogens is 2. The van der Waals surface area contributed by atoms with Crippen LogP contribution in [0.25, 0.3) is 0 Å². The van der Waals surface area contributed by atoms with Crippen LogP contribution in [-0.4, -0.2) is 13.4 Å². The van der Waals surface area contributed by atoms with E-state index in [0.29, 0.717) is 0 Å². The molecule has 0 aliphatic carbocycles. The summed E-state index contributed by atoms with van der Waals surface area (Å²) < 4.78 is 0. The molecule has 0 saturated heterocycles. The first-order valence-electron chi connectivity index (χ1n) is 3.53. The van der Waals surface area contributed by atoms with E-state index in [1.165, 1.54) is 0 Å². The molecule has 0 aromatic rings. The van der Waals surface area contributed by atoms with Crippen LogP contribution in [0.3, 0.4) is 0 Å². The molecule has 0 amide bonds. The van der Waals surface area contributed by atoms with E-state index in [1.54, 1.807) is 0 Å². The third kappa shape index (κ3) is 3.69. The maximum atomic E-state index is 3.82. The second-order valence-corrected chi connectivity index (χ2v) is 24.7. The highest BCUT2D eigenvalue weighted by atomic mass is 79.9. The highest BCUT2D eigenvalue weighted by Gasteiger charge is 2.37. The van der Waals surface area contributed by atoms with Crippen LogP contribution in [0.4, 0.5) is 0 Å². The quantitative estimate of drug-likeness (QED) is 0.532. The van der Waals surface area contributed by atoms with Gasteiger partial charge < -0.3 is 0 Å². The van der Waals surface area contributed by atoms with E-state index in [4.69, 9.17) is 0 Å². The van der Waals surface area contributed by atoms with Gasteiger partial charge in [-0.1, -0.05) is 33.1 Å². The Morgan fingerprint density at radius 2 is 1.10 bits per heavy atom. The number of hydrogen-bond acceptors (Lipinski definition) is 0. The fourth-order valence-corrected chi connectivity index (χ4v) is 20.4. The molecule has 0 radical (unpaired) electrons.